The summed E-state index contributed by atoms with van der Waals surface area (Å²) in [6.07, 6.45) is 3.04. The van der Waals surface area contributed by atoms with Gasteiger partial charge in [-0.05, 0) is 62.1 Å². The number of carbonyl (C=O) groups is 1. The van der Waals surface area contributed by atoms with Gasteiger partial charge < -0.3 is 4.90 Å². The van der Waals surface area contributed by atoms with Crippen LogP contribution in [0.25, 0.3) is 10.2 Å². The van der Waals surface area contributed by atoms with Crippen LogP contribution >= 0.6 is 11.3 Å². The number of aromatic nitrogens is 1. The molecule has 0 saturated carbocycles. The Labute approximate surface area is 203 Å². The molecule has 3 aromatic rings. The summed E-state index contributed by atoms with van der Waals surface area (Å²) in [4.78, 5) is 20.3. The highest BCUT2D eigenvalue weighted by molar-refractivity contribution is 7.89. The van der Waals surface area contributed by atoms with Crippen LogP contribution in [0.15, 0.2) is 53.4 Å². The van der Waals surface area contributed by atoms with Gasteiger partial charge >= 0.3 is 0 Å². The maximum absolute atomic E-state index is 13.3. The van der Waals surface area contributed by atoms with E-state index in [-0.39, 0.29) is 22.6 Å². The molecule has 9 heteroatoms. The Morgan fingerprint density at radius 2 is 1.76 bits per heavy atom. The highest BCUT2D eigenvalue weighted by atomic mass is 32.2. The van der Waals surface area contributed by atoms with Crippen molar-refractivity contribution >= 4 is 37.5 Å². The van der Waals surface area contributed by atoms with Crippen molar-refractivity contribution in [2.75, 3.05) is 26.2 Å². The lowest BCUT2D eigenvalue weighted by atomic mass is 9.93. The van der Waals surface area contributed by atoms with E-state index in [0.29, 0.717) is 38.0 Å². The number of carbonyl (C=O) groups excluding carboxylic acids is 1. The number of amides is 1. The van der Waals surface area contributed by atoms with Gasteiger partial charge in [-0.3, -0.25) is 4.79 Å². The highest BCUT2D eigenvalue weighted by Crippen LogP contribution is 2.34. The van der Waals surface area contributed by atoms with Crippen LogP contribution in [0, 0.1) is 17.2 Å². The molecule has 5 rings (SSSR count). The number of fused-ring (bicyclic) bond motifs is 1. The first-order valence-corrected chi connectivity index (χ1v) is 13.9. The molecule has 0 bridgehead atoms. The molecule has 34 heavy (non-hydrogen) atoms. The number of thiazole rings is 1. The first-order chi connectivity index (χ1) is 16.5. The number of hydrogen-bond donors (Lipinski definition) is 0. The Morgan fingerprint density at radius 3 is 2.47 bits per heavy atom. The van der Waals surface area contributed by atoms with Crippen LogP contribution in [0.2, 0.25) is 0 Å². The fourth-order valence-electron chi connectivity index (χ4n) is 4.90. The van der Waals surface area contributed by atoms with Gasteiger partial charge in [0, 0.05) is 38.0 Å². The predicted molar refractivity (Wildman–Crippen MR) is 131 cm³/mol. The summed E-state index contributed by atoms with van der Waals surface area (Å²) < 4.78 is 28.6. The minimum absolute atomic E-state index is 0.140. The summed E-state index contributed by atoms with van der Waals surface area (Å²) in [7, 11) is -3.63. The van der Waals surface area contributed by atoms with E-state index in [0.717, 1.165) is 29.9 Å². The lowest BCUT2D eigenvalue weighted by Crippen LogP contribution is -2.46. The number of rotatable bonds is 4. The summed E-state index contributed by atoms with van der Waals surface area (Å²) in [6.45, 7) is 2.09. The molecular weight excluding hydrogens is 468 g/mol. The van der Waals surface area contributed by atoms with Crippen LogP contribution in [-0.2, 0) is 14.8 Å². The molecule has 0 spiro atoms. The Balaban J connectivity index is 1.21. The number of nitriles is 1. The molecule has 2 aromatic carbocycles. The van der Waals surface area contributed by atoms with Gasteiger partial charge in [0.05, 0.1) is 31.8 Å². The lowest BCUT2D eigenvalue weighted by Gasteiger charge is -2.37. The molecule has 1 amide bonds. The lowest BCUT2D eigenvalue weighted by molar-refractivity contribution is -0.138. The van der Waals surface area contributed by atoms with Crippen LogP contribution in [0.3, 0.4) is 0 Å². The summed E-state index contributed by atoms with van der Waals surface area (Å²) in [5.74, 6) is 0.245. The molecule has 2 aliphatic heterocycles. The highest BCUT2D eigenvalue weighted by Gasteiger charge is 2.35. The van der Waals surface area contributed by atoms with Gasteiger partial charge in [0.2, 0.25) is 15.9 Å². The minimum atomic E-state index is -3.63. The van der Waals surface area contributed by atoms with Crippen molar-refractivity contribution in [3.8, 4) is 6.07 Å². The SMILES string of the molecule is N#Cc1ccc(S(=O)(=O)N2CCC(C(=O)N3CCC[C@@H](c4nc5ccccc5s4)C3)CC2)cc1. The summed E-state index contributed by atoms with van der Waals surface area (Å²) in [5, 5.41) is 10.0. The zero-order valence-electron chi connectivity index (χ0n) is 18.8. The van der Waals surface area contributed by atoms with Crippen LogP contribution in [-0.4, -0.2) is 54.7 Å². The maximum atomic E-state index is 13.3. The Morgan fingerprint density at radius 1 is 1.03 bits per heavy atom. The van der Waals surface area contributed by atoms with Crippen molar-refractivity contribution in [3.63, 3.8) is 0 Å². The number of para-hydroxylation sites is 1. The fourth-order valence-corrected chi connectivity index (χ4v) is 7.46. The molecule has 2 saturated heterocycles. The average molecular weight is 495 g/mol. The molecule has 2 fully saturated rings. The quantitative estimate of drug-likeness (QED) is 0.547. The molecular formula is C25H26N4O3S2. The third-order valence-electron chi connectivity index (χ3n) is 6.82. The van der Waals surface area contributed by atoms with Crippen LogP contribution in [0.1, 0.15) is 42.2 Å². The Hall–Kier alpha value is -2.80. The Kier molecular flexibility index (Phi) is 6.38. The third-order valence-corrected chi connectivity index (χ3v) is 9.93. The van der Waals surface area contributed by atoms with E-state index in [2.05, 4.69) is 6.07 Å². The molecule has 0 unspecified atom stereocenters. The van der Waals surface area contributed by atoms with E-state index >= 15 is 0 Å². The molecule has 1 atom stereocenters. The van der Waals surface area contributed by atoms with Crippen LogP contribution in [0.5, 0.6) is 0 Å². The zero-order chi connectivity index (χ0) is 23.7. The monoisotopic (exact) mass is 494 g/mol. The number of nitrogens with zero attached hydrogens (tertiary/aromatic N) is 4. The molecule has 1 aromatic heterocycles. The molecule has 3 heterocycles. The number of piperidine rings is 2. The zero-order valence-corrected chi connectivity index (χ0v) is 20.4. The van der Waals surface area contributed by atoms with E-state index < -0.39 is 10.0 Å². The molecule has 7 nitrogen and oxygen atoms in total. The van der Waals surface area contributed by atoms with Gasteiger partial charge in [-0.1, -0.05) is 12.1 Å². The van der Waals surface area contributed by atoms with Crippen molar-refractivity contribution < 1.29 is 13.2 Å². The number of sulfonamides is 1. The third kappa shape index (κ3) is 4.45. The fraction of sp³-hybridized carbons (Fsp3) is 0.400. The predicted octanol–water partition coefficient (Wildman–Crippen LogP) is 3.97. The standard InChI is InChI=1S/C25H26N4O3S2/c26-16-18-7-9-21(10-8-18)34(31,32)29-14-11-19(12-15-29)25(30)28-13-3-4-20(17-28)24-27-22-5-1-2-6-23(22)33-24/h1-2,5-10,19-20H,3-4,11-15,17H2/t20-/m1/s1. The summed E-state index contributed by atoms with van der Waals surface area (Å²) >= 11 is 1.72. The van der Waals surface area contributed by atoms with E-state index in [1.807, 2.05) is 29.2 Å². The minimum Gasteiger partial charge on any atom is -0.342 e. The number of benzene rings is 2. The van der Waals surface area contributed by atoms with Gasteiger partial charge in [-0.2, -0.15) is 9.57 Å². The largest absolute Gasteiger partial charge is 0.342 e. The number of hydrogen-bond acceptors (Lipinski definition) is 6. The molecule has 0 aliphatic carbocycles. The van der Waals surface area contributed by atoms with E-state index in [9.17, 15) is 13.2 Å². The van der Waals surface area contributed by atoms with Gasteiger partial charge in [0.15, 0.2) is 0 Å². The second-order valence-electron chi connectivity index (χ2n) is 8.96. The van der Waals surface area contributed by atoms with Crippen molar-refractivity contribution in [1.29, 1.82) is 5.26 Å². The van der Waals surface area contributed by atoms with Crippen molar-refractivity contribution in [1.82, 2.24) is 14.2 Å². The normalized spacial score (nSPS) is 20.3. The van der Waals surface area contributed by atoms with E-state index in [1.54, 1.807) is 11.3 Å². The molecule has 0 N–H and O–H groups in total. The molecule has 176 valence electrons. The van der Waals surface area contributed by atoms with Crippen molar-refractivity contribution in [3.05, 3.63) is 59.1 Å². The summed E-state index contributed by atoms with van der Waals surface area (Å²) in [5.41, 5.74) is 1.44. The second kappa shape index (κ2) is 9.45. The smallest absolute Gasteiger partial charge is 0.243 e. The van der Waals surface area contributed by atoms with Gasteiger partial charge in [0.25, 0.3) is 0 Å². The first-order valence-electron chi connectivity index (χ1n) is 11.6. The van der Waals surface area contributed by atoms with Crippen molar-refractivity contribution in [2.24, 2.45) is 5.92 Å². The second-order valence-corrected chi connectivity index (χ2v) is 12.0. The van der Waals surface area contributed by atoms with Gasteiger partial charge in [0.1, 0.15) is 0 Å². The Bertz CT molecular complexity index is 1300. The topological polar surface area (TPSA) is 94.4 Å². The first kappa shape index (κ1) is 23.0. The van der Waals surface area contributed by atoms with Crippen LogP contribution in [0.4, 0.5) is 0 Å². The van der Waals surface area contributed by atoms with Crippen LogP contribution < -0.4 is 0 Å². The molecule has 0 radical (unpaired) electrons. The average Bonchev–Trinajstić information content (AvgIpc) is 3.33. The summed E-state index contributed by atoms with van der Waals surface area (Å²) in [6, 6.07) is 16.1. The van der Waals surface area contributed by atoms with E-state index in [4.69, 9.17) is 10.2 Å². The maximum Gasteiger partial charge on any atom is 0.243 e. The molecule has 2 aliphatic rings. The van der Waals surface area contributed by atoms with Gasteiger partial charge in [-0.15, -0.1) is 11.3 Å². The van der Waals surface area contributed by atoms with Crippen molar-refractivity contribution in [2.45, 2.75) is 36.5 Å². The number of likely N-dealkylation sites (tertiary alicyclic amines) is 1. The van der Waals surface area contributed by atoms with Gasteiger partial charge in [-0.25, -0.2) is 13.4 Å². The van der Waals surface area contributed by atoms with E-state index in [1.165, 1.54) is 33.3 Å².